The van der Waals surface area contributed by atoms with Crippen LogP contribution in [0.15, 0.2) is 113 Å². The molecule has 0 spiro atoms. The van der Waals surface area contributed by atoms with Crippen LogP contribution in [0.3, 0.4) is 0 Å². The number of rotatable bonds is 6. The van der Waals surface area contributed by atoms with E-state index in [0.717, 1.165) is 25.7 Å². The molecule has 0 amide bonds. The zero-order valence-electron chi connectivity index (χ0n) is 22.3. The van der Waals surface area contributed by atoms with Gasteiger partial charge in [0, 0.05) is 11.8 Å². The first-order valence-corrected chi connectivity index (χ1v) is 13.5. The second-order valence-corrected chi connectivity index (χ2v) is 10.6. The van der Waals surface area contributed by atoms with Gasteiger partial charge >= 0.3 is 0 Å². The Kier molecular flexibility index (Phi) is 6.71. The number of benzene rings is 3. The third kappa shape index (κ3) is 4.13. The molecule has 0 bridgehead atoms. The van der Waals surface area contributed by atoms with Crippen molar-refractivity contribution in [2.45, 2.75) is 59.3 Å². The molecule has 0 radical (unpaired) electrons. The monoisotopic (exact) mass is 470 g/mol. The Balaban J connectivity index is 1.67. The zero-order chi connectivity index (χ0) is 25.4. The Labute approximate surface area is 217 Å². The molecular formula is C36H38. The minimum atomic E-state index is 0.277. The lowest BCUT2D eigenvalue weighted by molar-refractivity contribution is 0.620. The van der Waals surface area contributed by atoms with Gasteiger partial charge in [-0.3, -0.25) is 0 Å². The standard InChI is InChI=1S/C36H38/c1-7-13-27-18-19-28-15-10-11-16-31(28)33(27)22-29-21-30-20-24(5)34(23(3)4)36(35(30)25(29)6)32-17-12-9-14-26(32)8-2/h9-12,14-20,22,35-36H,3,6-8,13,21H2,1-2,4-5H3. The molecule has 0 aromatic heterocycles. The Bertz CT molecular complexity index is 1450. The van der Waals surface area contributed by atoms with E-state index in [-0.39, 0.29) is 5.92 Å². The van der Waals surface area contributed by atoms with Crippen LogP contribution in [0.2, 0.25) is 0 Å². The summed E-state index contributed by atoms with van der Waals surface area (Å²) < 4.78 is 0. The van der Waals surface area contributed by atoms with Crippen molar-refractivity contribution in [3.63, 3.8) is 0 Å². The summed E-state index contributed by atoms with van der Waals surface area (Å²) in [6, 6.07) is 22.4. The van der Waals surface area contributed by atoms with Crippen LogP contribution in [-0.2, 0) is 12.8 Å². The number of fused-ring (bicyclic) bond motifs is 2. The lowest BCUT2D eigenvalue weighted by Gasteiger charge is -2.35. The van der Waals surface area contributed by atoms with Gasteiger partial charge in [0.15, 0.2) is 0 Å². The van der Waals surface area contributed by atoms with E-state index in [2.05, 4.69) is 107 Å². The number of hydrogen-bond donors (Lipinski definition) is 0. The van der Waals surface area contributed by atoms with Crippen LogP contribution in [0.4, 0.5) is 0 Å². The van der Waals surface area contributed by atoms with E-state index < -0.39 is 0 Å². The summed E-state index contributed by atoms with van der Waals surface area (Å²) in [6.07, 6.45) is 9.14. The summed E-state index contributed by atoms with van der Waals surface area (Å²) in [5.74, 6) is 0.573. The van der Waals surface area contributed by atoms with Crippen molar-refractivity contribution in [1.82, 2.24) is 0 Å². The second kappa shape index (κ2) is 9.94. The van der Waals surface area contributed by atoms with E-state index in [1.807, 2.05) is 0 Å². The summed E-state index contributed by atoms with van der Waals surface area (Å²) in [5.41, 5.74) is 13.8. The van der Waals surface area contributed by atoms with E-state index in [1.165, 1.54) is 66.5 Å². The quantitative estimate of drug-likeness (QED) is 0.336. The van der Waals surface area contributed by atoms with Crippen LogP contribution in [0.1, 0.15) is 68.7 Å². The van der Waals surface area contributed by atoms with Gasteiger partial charge in [-0.05, 0) is 88.4 Å². The molecule has 3 aromatic carbocycles. The van der Waals surface area contributed by atoms with E-state index >= 15 is 0 Å². The summed E-state index contributed by atoms with van der Waals surface area (Å²) in [4.78, 5) is 0. The van der Waals surface area contributed by atoms with Gasteiger partial charge in [0.2, 0.25) is 0 Å². The van der Waals surface area contributed by atoms with Crippen molar-refractivity contribution in [3.8, 4) is 0 Å². The molecule has 0 nitrogen and oxygen atoms in total. The molecule has 182 valence electrons. The van der Waals surface area contributed by atoms with Gasteiger partial charge in [-0.15, -0.1) is 0 Å². The van der Waals surface area contributed by atoms with Gasteiger partial charge in [0.05, 0.1) is 0 Å². The molecule has 0 aliphatic heterocycles. The van der Waals surface area contributed by atoms with E-state index in [4.69, 9.17) is 6.58 Å². The molecule has 0 heteroatoms. The van der Waals surface area contributed by atoms with Crippen molar-refractivity contribution in [2.24, 2.45) is 5.92 Å². The fourth-order valence-corrected chi connectivity index (χ4v) is 6.60. The first kappa shape index (κ1) is 24.3. The van der Waals surface area contributed by atoms with Gasteiger partial charge in [-0.2, -0.15) is 0 Å². The summed E-state index contributed by atoms with van der Waals surface area (Å²) in [6.45, 7) is 18.1. The molecule has 3 aromatic rings. The van der Waals surface area contributed by atoms with Crippen LogP contribution < -0.4 is 0 Å². The second-order valence-electron chi connectivity index (χ2n) is 10.6. The van der Waals surface area contributed by atoms with Crippen molar-refractivity contribution >= 4 is 16.8 Å². The molecule has 36 heavy (non-hydrogen) atoms. The lowest BCUT2D eigenvalue weighted by atomic mass is 9.68. The molecule has 2 unspecified atom stereocenters. The Hall–Kier alpha value is -3.38. The van der Waals surface area contributed by atoms with Crippen molar-refractivity contribution in [1.29, 1.82) is 0 Å². The third-order valence-corrected chi connectivity index (χ3v) is 8.18. The van der Waals surface area contributed by atoms with Gasteiger partial charge < -0.3 is 0 Å². The van der Waals surface area contributed by atoms with Gasteiger partial charge in [0.1, 0.15) is 0 Å². The van der Waals surface area contributed by atoms with E-state index in [0.29, 0.717) is 5.92 Å². The SMILES string of the molecule is C=C(C)C1=C(C)C=C2CC(=Cc3c(CCC)ccc4ccccc34)C(=C)C2C1c1ccccc1CC. The molecular weight excluding hydrogens is 432 g/mol. The largest absolute Gasteiger partial charge is 0.0958 e. The zero-order valence-corrected chi connectivity index (χ0v) is 22.3. The smallest absolute Gasteiger partial charge is 0.0203 e. The summed E-state index contributed by atoms with van der Waals surface area (Å²) in [7, 11) is 0. The Morgan fingerprint density at radius 1 is 0.944 bits per heavy atom. The molecule has 2 aliphatic carbocycles. The highest BCUT2D eigenvalue weighted by atomic mass is 14.4. The van der Waals surface area contributed by atoms with Gasteiger partial charge in [-0.1, -0.05) is 117 Å². The molecule has 2 aliphatic rings. The average Bonchev–Trinajstić information content (AvgIpc) is 3.18. The average molecular weight is 471 g/mol. The van der Waals surface area contributed by atoms with E-state index in [1.54, 1.807) is 0 Å². The van der Waals surface area contributed by atoms with E-state index in [9.17, 15) is 0 Å². The first-order chi connectivity index (χ1) is 17.4. The highest BCUT2D eigenvalue weighted by Gasteiger charge is 2.41. The lowest BCUT2D eigenvalue weighted by Crippen LogP contribution is -2.21. The Morgan fingerprint density at radius 3 is 2.44 bits per heavy atom. The molecule has 0 saturated heterocycles. The molecule has 0 N–H and O–H groups in total. The van der Waals surface area contributed by atoms with Crippen LogP contribution in [-0.4, -0.2) is 0 Å². The van der Waals surface area contributed by atoms with Crippen molar-refractivity contribution < 1.29 is 0 Å². The van der Waals surface area contributed by atoms with Crippen LogP contribution in [0, 0.1) is 5.92 Å². The maximum absolute atomic E-state index is 4.76. The van der Waals surface area contributed by atoms with Gasteiger partial charge in [0.25, 0.3) is 0 Å². The maximum Gasteiger partial charge on any atom is 0.0203 e. The van der Waals surface area contributed by atoms with Crippen LogP contribution in [0.25, 0.3) is 16.8 Å². The highest BCUT2D eigenvalue weighted by molar-refractivity contribution is 5.93. The van der Waals surface area contributed by atoms with Crippen LogP contribution in [0.5, 0.6) is 0 Å². The predicted octanol–water partition coefficient (Wildman–Crippen LogP) is 9.93. The molecule has 1 saturated carbocycles. The summed E-state index contributed by atoms with van der Waals surface area (Å²) in [5, 5.41) is 2.65. The molecule has 1 fully saturated rings. The van der Waals surface area contributed by atoms with Crippen LogP contribution >= 0.6 is 0 Å². The maximum atomic E-state index is 4.76. The molecule has 5 rings (SSSR count). The molecule has 2 atom stereocenters. The van der Waals surface area contributed by atoms with Gasteiger partial charge in [-0.25, -0.2) is 0 Å². The highest BCUT2D eigenvalue weighted by Crippen LogP contribution is 2.55. The predicted molar refractivity (Wildman–Crippen MR) is 157 cm³/mol. The minimum absolute atomic E-state index is 0.277. The fraction of sp³-hybridized carbons (Fsp3) is 0.278. The fourth-order valence-electron chi connectivity index (χ4n) is 6.60. The summed E-state index contributed by atoms with van der Waals surface area (Å²) >= 11 is 0. The number of hydrogen-bond acceptors (Lipinski definition) is 0. The first-order valence-electron chi connectivity index (χ1n) is 13.5. The molecule has 0 heterocycles. The normalized spacial score (nSPS) is 20.7. The van der Waals surface area contributed by atoms with Crippen molar-refractivity contribution in [3.05, 3.63) is 136 Å². The van der Waals surface area contributed by atoms with Crippen molar-refractivity contribution in [2.75, 3.05) is 0 Å². The number of aryl methyl sites for hydroxylation is 2. The Morgan fingerprint density at radius 2 is 1.69 bits per heavy atom. The number of allylic oxidation sites excluding steroid dienone is 7. The minimum Gasteiger partial charge on any atom is -0.0958 e. The topological polar surface area (TPSA) is 0 Å². The third-order valence-electron chi connectivity index (χ3n) is 8.18.